The van der Waals surface area contributed by atoms with Crippen LogP contribution in [-0.4, -0.2) is 23.0 Å². The quantitative estimate of drug-likeness (QED) is 0.744. The minimum atomic E-state index is 0.172. The van der Waals surface area contributed by atoms with Crippen LogP contribution in [-0.2, 0) is 16.7 Å². The molecule has 1 fully saturated rings. The molecule has 3 heteroatoms. The van der Waals surface area contributed by atoms with Gasteiger partial charge in [-0.25, -0.2) is 0 Å². The van der Waals surface area contributed by atoms with Gasteiger partial charge >= 0.3 is 0 Å². The predicted octanol–water partition coefficient (Wildman–Crippen LogP) is 2.14. The van der Waals surface area contributed by atoms with Gasteiger partial charge in [-0.05, 0) is 13.0 Å². The van der Waals surface area contributed by atoms with E-state index in [1.165, 1.54) is 5.69 Å². The molecule has 0 saturated carbocycles. The molecule has 3 nitrogen and oxygen atoms in total. The van der Waals surface area contributed by atoms with Crippen LogP contribution in [0, 0.1) is 12.8 Å². The standard InChI is InChI=1S/C12H20N2O/c1-9-5-11(12(2,3)4)14(13-9)6-10-7-15-8-10/h5,10H,6-8H2,1-4H3. The minimum absolute atomic E-state index is 0.172. The SMILES string of the molecule is Cc1cc(C(C)(C)C)n(CC2COC2)n1. The third-order valence-electron chi connectivity index (χ3n) is 2.81. The van der Waals surface area contributed by atoms with Gasteiger partial charge in [-0.1, -0.05) is 20.8 Å². The highest BCUT2D eigenvalue weighted by molar-refractivity contribution is 5.17. The third kappa shape index (κ3) is 2.23. The predicted molar refractivity (Wildman–Crippen MR) is 60.0 cm³/mol. The average molecular weight is 208 g/mol. The summed E-state index contributed by atoms with van der Waals surface area (Å²) < 4.78 is 7.35. The molecule has 0 radical (unpaired) electrons. The molecule has 0 aromatic carbocycles. The summed E-state index contributed by atoms with van der Waals surface area (Å²) in [6.45, 7) is 11.5. The van der Waals surface area contributed by atoms with Crippen LogP contribution in [0.2, 0.25) is 0 Å². The monoisotopic (exact) mass is 208 g/mol. The lowest BCUT2D eigenvalue weighted by Crippen LogP contribution is -2.33. The molecule has 2 heterocycles. The Bertz CT molecular complexity index is 345. The maximum atomic E-state index is 5.20. The Morgan fingerprint density at radius 3 is 2.60 bits per heavy atom. The van der Waals surface area contributed by atoms with E-state index < -0.39 is 0 Å². The number of ether oxygens (including phenoxy) is 1. The zero-order valence-corrected chi connectivity index (χ0v) is 10.1. The van der Waals surface area contributed by atoms with Gasteiger partial charge in [0, 0.05) is 23.6 Å². The molecule has 0 spiro atoms. The zero-order valence-electron chi connectivity index (χ0n) is 10.1. The van der Waals surface area contributed by atoms with Gasteiger partial charge in [0.25, 0.3) is 0 Å². The fourth-order valence-corrected chi connectivity index (χ4v) is 1.92. The molecule has 1 saturated heterocycles. The van der Waals surface area contributed by atoms with Crippen molar-refractivity contribution in [2.24, 2.45) is 5.92 Å². The molecule has 1 aromatic heterocycles. The number of aryl methyl sites for hydroxylation is 1. The molecular formula is C12H20N2O. The van der Waals surface area contributed by atoms with Gasteiger partial charge in [-0.15, -0.1) is 0 Å². The van der Waals surface area contributed by atoms with E-state index in [2.05, 4.69) is 43.5 Å². The Morgan fingerprint density at radius 1 is 1.47 bits per heavy atom. The first-order valence-electron chi connectivity index (χ1n) is 5.59. The molecule has 0 N–H and O–H groups in total. The van der Waals surface area contributed by atoms with E-state index in [1.807, 2.05) is 0 Å². The summed E-state index contributed by atoms with van der Waals surface area (Å²) in [5.41, 5.74) is 2.61. The molecule has 0 unspecified atom stereocenters. The van der Waals surface area contributed by atoms with Gasteiger partial charge < -0.3 is 4.74 Å². The van der Waals surface area contributed by atoms with E-state index in [0.29, 0.717) is 5.92 Å². The Hall–Kier alpha value is -0.830. The van der Waals surface area contributed by atoms with Crippen LogP contribution in [0.1, 0.15) is 32.2 Å². The van der Waals surface area contributed by atoms with Crippen molar-refractivity contribution in [1.29, 1.82) is 0 Å². The van der Waals surface area contributed by atoms with Crippen molar-refractivity contribution >= 4 is 0 Å². The van der Waals surface area contributed by atoms with Crippen LogP contribution in [0.3, 0.4) is 0 Å². The van der Waals surface area contributed by atoms with Crippen molar-refractivity contribution in [3.63, 3.8) is 0 Å². The number of hydrogen-bond acceptors (Lipinski definition) is 2. The van der Waals surface area contributed by atoms with E-state index >= 15 is 0 Å². The molecular weight excluding hydrogens is 188 g/mol. The Labute approximate surface area is 91.4 Å². The molecule has 0 aliphatic carbocycles. The van der Waals surface area contributed by atoms with Crippen molar-refractivity contribution in [2.75, 3.05) is 13.2 Å². The van der Waals surface area contributed by atoms with Crippen molar-refractivity contribution in [3.05, 3.63) is 17.5 Å². The highest BCUT2D eigenvalue weighted by atomic mass is 16.5. The largest absolute Gasteiger partial charge is 0.381 e. The molecule has 2 rings (SSSR count). The Morgan fingerprint density at radius 2 is 2.13 bits per heavy atom. The molecule has 84 valence electrons. The third-order valence-corrected chi connectivity index (χ3v) is 2.81. The van der Waals surface area contributed by atoms with Gasteiger partial charge in [-0.3, -0.25) is 4.68 Å². The smallest absolute Gasteiger partial charge is 0.0596 e. The zero-order chi connectivity index (χ0) is 11.1. The molecule has 0 atom stereocenters. The minimum Gasteiger partial charge on any atom is -0.381 e. The van der Waals surface area contributed by atoms with Gasteiger partial charge in [0.05, 0.1) is 18.9 Å². The summed E-state index contributed by atoms with van der Waals surface area (Å²) in [5.74, 6) is 0.658. The highest BCUT2D eigenvalue weighted by Crippen LogP contribution is 2.24. The van der Waals surface area contributed by atoms with Gasteiger partial charge in [-0.2, -0.15) is 5.10 Å². The average Bonchev–Trinajstić information content (AvgIpc) is 2.38. The number of hydrogen-bond donors (Lipinski definition) is 0. The molecule has 15 heavy (non-hydrogen) atoms. The summed E-state index contributed by atoms with van der Waals surface area (Å²) in [7, 11) is 0. The first-order valence-corrected chi connectivity index (χ1v) is 5.59. The topological polar surface area (TPSA) is 27.1 Å². The first-order chi connectivity index (χ1) is 6.97. The summed E-state index contributed by atoms with van der Waals surface area (Å²) >= 11 is 0. The van der Waals surface area contributed by atoms with Crippen LogP contribution in [0.4, 0.5) is 0 Å². The second-order valence-corrected chi connectivity index (χ2v) is 5.51. The lowest BCUT2D eigenvalue weighted by molar-refractivity contribution is -0.0414. The van der Waals surface area contributed by atoms with Gasteiger partial charge in [0.2, 0.25) is 0 Å². The fourth-order valence-electron chi connectivity index (χ4n) is 1.92. The van der Waals surface area contributed by atoms with Crippen molar-refractivity contribution < 1.29 is 4.74 Å². The van der Waals surface area contributed by atoms with E-state index in [-0.39, 0.29) is 5.41 Å². The van der Waals surface area contributed by atoms with E-state index in [4.69, 9.17) is 4.74 Å². The molecule has 0 amide bonds. The van der Waals surface area contributed by atoms with Crippen molar-refractivity contribution in [3.8, 4) is 0 Å². The maximum Gasteiger partial charge on any atom is 0.0596 e. The summed E-state index contributed by atoms with van der Waals surface area (Å²) in [4.78, 5) is 0. The summed E-state index contributed by atoms with van der Waals surface area (Å²) in [5, 5.41) is 4.56. The lowest BCUT2D eigenvalue weighted by atomic mass is 9.91. The van der Waals surface area contributed by atoms with Gasteiger partial charge in [0.15, 0.2) is 0 Å². The second-order valence-electron chi connectivity index (χ2n) is 5.51. The van der Waals surface area contributed by atoms with Crippen molar-refractivity contribution in [2.45, 2.75) is 39.7 Å². The number of rotatable bonds is 2. The van der Waals surface area contributed by atoms with Gasteiger partial charge in [0.1, 0.15) is 0 Å². The molecule has 1 aromatic rings. The van der Waals surface area contributed by atoms with Crippen molar-refractivity contribution in [1.82, 2.24) is 9.78 Å². The maximum absolute atomic E-state index is 5.20. The fraction of sp³-hybridized carbons (Fsp3) is 0.750. The van der Waals surface area contributed by atoms with E-state index in [9.17, 15) is 0 Å². The van der Waals surface area contributed by atoms with Crippen LogP contribution in [0.25, 0.3) is 0 Å². The summed E-state index contributed by atoms with van der Waals surface area (Å²) in [6, 6.07) is 2.19. The highest BCUT2D eigenvalue weighted by Gasteiger charge is 2.24. The van der Waals surface area contributed by atoms with Crippen LogP contribution < -0.4 is 0 Å². The Balaban J connectivity index is 2.20. The molecule has 0 bridgehead atoms. The number of nitrogens with zero attached hydrogens (tertiary/aromatic N) is 2. The normalized spacial score (nSPS) is 17.9. The van der Waals surface area contributed by atoms with E-state index in [0.717, 1.165) is 25.5 Å². The van der Waals surface area contributed by atoms with E-state index in [1.54, 1.807) is 0 Å². The molecule has 1 aliphatic rings. The summed E-state index contributed by atoms with van der Waals surface area (Å²) in [6.07, 6.45) is 0. The Kier molecular flexibility index (Phi) is 2.59. The first kappa shape index (κ1) is 10.7. The van der Waals surface area contributed by atoms with Crippen LogP contribution >= 0.6 is 0 Å². The number of aromatic nitrogens is 2. The van der Waals surface area contributed by atoms with Crippen LogP contribution in [0.5, 0.6) is 0 Å². The lowest BCUT2D eigenvalue weighted by Gasteiger charge is -2.28. The van der Waals surface area contributed by atoms with Crippen LogP contribution in [0.15, 0.2) is 6.07 Å². The second kappa shape index (κ2) is 3.63. The molecule has 1 aliphatic heterocycles.